The van der Waals surface area contributed by atoms with Gasteiger partial charge in [-0.1, -0.05) is 13.3 Å². The molecule has 0 aromatic heterocycles. The van der Waals surface area contributed by atoms with E-state index in [4.69, 9.17) is 0 Å². The molecule has 0 bridgehead atoms. The summed E-state index contributed by atoms with van der Waals surface area (Å²) < 4.78 is 0. The number of carbonyl (C=O) groups is 1. The molecule has 2 saturated heterocycles. The maximum Gasteiger partial charge on any atom is 0.222 e. The molecule has 2 fully saturated rings. The minimum Gasteiger partial charge on any atom is -0.340 e. The lowest BCUT2D eigenvalue weighted by atomic mass is 9.88. The highest BCUT2D eigenvalue weighted by Gasteiger charge is 2.43. The summed E-state index contributed by atoms with van der Waals surface area (Å²) in [6, 6.07) is 0. The van der Waals surface area contributed by atoms with E-state index < -0.39 is 0 Å². The predicted molar refractivity (Wildman–Crippen MR) is 69.9 cm³/mol. The minimum absolute atomic E-state index is 0.206. The van der Waals surface area contributed by atoms with Crippen molar-refractivity contribution in [1.29, 1.82) is 0 Å². The van der Waals surface area contributed by atoms with Gasteiger partial charge in [0.2, 0.25) is 5.91 Å². The van der Waals surface area contributed by atoms with E-state index in [2.05, 4.69) is 16.7 Å². The van der Waals surface area contributed by atoms with E-state index in [-0.39, 0.29) is 5.54 Å². The Labute approximate surface area is 105 Å². The van der Waals surface area contributed by atoms with Crippen molar-refractivity contribution in [1.82, 2.24) is 9.80 Å². The Hall–Kier alpha value is -0.570. The van der Waals surface area contributed by atoms with Crippen LogP contribution in [0.3, 0.4) is 0 Å². The fraction of sp³-hybridized carbons (Fsp3) is 0.929. The van der Waals surface area contributed by atoms with Gasteiger partial charge in [-0.2, -0.15) is 0 Å². The van der Waals surface area contributed by atoms with E-state index in [9.17, 15) is 4.79 Å². The molecule has 1 spiro atoms. The molecule has 1 atom stereocenters. The largest absolute Gasteiger partial charge is 0.340 e. The van der Waals surface area contributed by atoms with Gasteiger partial charge in [0.1, 0.15) is 0 Å². The summed E-state index contributed by atoms with van der Waals surface area (Å²) >= 11 is 0. The van der Waals surface area contributed by atoms with Crippen LogP contribution in [0.4, 0.5) is 0 Å². The van der Waals surface area contributed by atoms with E-state index in [1.165, 1.54) is 51.7 Å². The molecule has 3 nitrogen and oxygen atoms in total. The molecule has 1 unspecified atom stereocenters. The molecule has 3 heteroatoms. The number of carbonyl (C=O) groups excluding carboxylic acids is 1. The minimum atomic E-state index is 0.206. The highest BCUT2D eigenvalue weighted by atomic mass is 16.2. The van der Waals surface area contributed by atoms with Crippen LogP contribution in [0.5, 0.6) is 0 Å². The molecule has 0 radical (unpaired) electrons. The Morgan fingerprint density at radius 1 is 1.24 bits per heavy atom. The molecule has 1 amide bonds. The van der Waals surface area contributed by atoms with Gasteiger partial charge in [-0.05, 0) is 45.2 Å². The normalized spacial score (nSPS) is 31.2. The monoisotopic (exact) mass is 238 g/mol. The molecule has 0 aliphatic carbocycles. The molecule has 2 heterocycles. The fourth-order valence-corrected chi connectivity index (χ4v) is 3.37. The Balaban J connectivity index is 1.93. The van der Waals surface area contributed by atoms with Gasteiger partial charge in [0.15, 0.2) is 0 Å². The molecule has 2 rings (SSSR count). The van der Waals surface area contributed by atoms with Crippen molar-refractivity contribution in [3.05, 3.63) is 0 Å². The van der Waals surface area contributed by atoms with E-state index >= 15 is 0 Å². The maximum absolute atomic E-state index is 11.7. The summed E-state index contributed by atoms with van der Waals surface area (Å²) in [6.45, 7) is 5.90. The molecular weight excluding hydrogens is 212 g/mol. The molecule has 0 aromatic rings. The highest BCUT2D eigenvalue weighted by molar-refractivity contribution is 5.79. The van der Waals surface area contributed by atoms with Crippen LogP contribution in [-0.2, 0) is 4.79 Å². The van der Waals surface area contributed by atoms with Gasteiger partial charge in [-0.3, -0.25) is 4.79 Å². The van der Waals surface area contributed by atoms with Gasteiger partial charge < -0.3 is 9.80 Å². The van der Waals surface area contributed by atoms with Gasteiger partial charge in [0.25, 0.3) is 0 Å². The molecule has 17 heavy (non-hydrogen) atoms. The quantitative estimate of drug-likeness (QED) is 0.753. The van der Waals surface area contributed by atoms with Crippen LogP contribution in [0.1, 0.15) is 51.9 Å². The van der Waals surface area contributed by atoms with E-state index in [1.54, 1.807) is 0 Å². The zero-order valence-electron chi connectivity index (χ0n) is 11.4. The van der Waals surface area contributed by atoms with Crippen LogP contribution in [0.2, 0.25) is 0 Å². The average Bonchev–Trinajstić information content (AvgIpc) is 2.55. The SMILES string of the molecule is CCCCN1CCCC2(CCC(=O)N2C)CC1. The molecule has 98 valence electrons. The van der Waals surface area contributed by atoms with Gasteiger partial charge in [0.05, 0.1) is 0 Å². The first-order valence-corrected chi connectivity index (χ1v) is 7.17. The summed E-state index contributed by atoms with van der Waals surface area (Å²) in [6.07, 6.45) is 8.08. The second-order valence-corrected chi connectivity index (χ2v) is 5.73. The molecular formula is C14H26N2O. The van der Waals surface area contributed by atoms with Crippen LogP contribution in [0.15, 0.2) is 0 Å². The van der Waals surface area contributed by atoms with Crippen molar-refractivity contribution in [2.45, 2.75) is 57.4 Å². The third kappa shape index (κ3) is 2.65. The molecule has 2 aliphatic rings. The third-order valence-electron chi connectivity index (χ3n) is 4.73. The number of amides is 1. The smallest absolute Gasteiger partial charge is 0.222 e. The Kier molecular flexibility index (Phi) is 4.08. The molecule has 0 N–H and O–H groups in total. The lowest BCUT2D eigenvalue weighted by Gasteiger charge is -2.35. The highest BCUT2D eigenvalue weighted by Crippen LogP contribution is 2.37. The van der Waals surface area contributed by atoms with Gasteiger partial charge in [-0.25, -0.2) is 0 Å². The van der Waals surface area contributed by atoms with Crippen LogP contribution in [-0.4, -0.2) is 47.9 Å². The van der Waals surface area contributed by atoms with Gasteiger partial charge in [-0.15, -0.1) is 0 Å². The third-order valence-corrected chi connectivity index (χ3v) is 4.73. The van der Waals surface area contributed by atoms with Crippen LogP contribution < -0.4 is 0 Å². The molecule has 2 aliphatic heterocycles. The van der Waals surface area contributed by atoms with Crippen molar-refractivity contribution < 1.29 is 4.79 Å². The Morgan fingerprint density at radius 2 is 2.06 bits per heavy atom. The van der Waals surface area contributed by atoms with Crippen molar-refractivity contribution in [3.8, 4) is 0 Å². The molecule has 0 saturated carbocycles. The number of rotatable bonds is 3. The van der Waals surface area contributed by atoms with Gasteiger partial charge in [0, 0.05) is 25.6 Å². The van der Waals surface area contributed by atoms with E-state index in [0.29, 0.717) is 5.91 Å². The number of nitrogens with zero attached hydrogens (tertiary/aromatic N) is 2. The molecule has 0 aromatic carbocycles. The van der Waals surface area contributed by atoms with E-state index in [0.717, 1.165) is 12.8 Å². The Morgan fingerprint density at radius 3 is 2.71 bits per heavy atom. The number of unbranched alkanes of at least 4 members (excludes halogenated alkanes) is 1. The summed E-state index contributed by atoms with van der Waals surface area (Å²) in [5.74, 6) is 0.354. The van der Waals surface area contributed by atoms with Crippen molar-refractivity contribution in [2.75, 3.05) is 26.7 Å². The van der Waals surface area contributed by atoms with Crippen LogP contribution in [0, 0.1) is 0 Å². The number of likely N-dealkylation sites (tertiary alicyclic amines) is 2. The van der Waals surface area contributed by atoms with Crippen molar-refractivity contribution in [3.63, 3.8) is 0 Å². The van der Waals surface area contributed by atoms with Crippen LogP contribution in [0.25, 0.3) is 0 Å². The maximum atomic E-state index is 11.7. The van der Waals surface area contributed by atoms with Gasteiger partial charge >= 0.3 is 0 Å². The van der Waals surface area contributed by atoms with Crippen LogP contribution >= 0.6 is 0 Å². The first-order chi connectivity index (χ1) is 8.18. The fourth-order valence-electron chi connectivity index (χ4n) is 3.37. The zero-order valence-corrected chi connectivity index (χ0v) is 11.4. The van der Waals surface area contributed by atoms with Crippen molar-refractivity contribution >= 4 is 5.91 Å². The summed E-state index contributed by atoms with van der Waals surface area (Å²) in [4.78, 5) is 16.4. The lowest BCUT2D eigenvalue weighted by Crippen LogP contribution is -2.43. The second-order valence-electron chi connectivity index (χ2n) is 5.73. The first-order valence-electron chi connectivity index (χ1n) is 7.17. The zero-order chi connectivity index (χ0) is 12.3. The summed E-state index contributed by atoms with van der Waals surface area (Å²) in [7, 11) is 2.01. The average molecular weight is 238 g/mol. The summed E-state index contributed by atoms with van der Waals surface area (Å²) in [5.41, 5.74) is 0.206. The second kappa shape index (κ2) is 5.38. The number of hydrogen-bond donors (Lipinski definition) is 0. The summed E-state index contributed by atoms with van der Waals surface area (Å²) in [5, 5.41) is 0. The predicted octanol–water partition coefficient (Wildman–Crippen LogP) is 2.26. The standard InChI is InChI=1S/C14H26N2O/c1-3-4-10-16-11-5-7-14(9-12-16)8-6-13(17)15(14)2/h3-12H2,1-2H3. The van der Waals surface area contributed by atoms with E-state index in [1.807, 2.05) is 7.05 Å². The number of hydrogen-bond acceptors (Lipinski definition) is 2. The lowest BCUT2D eigenvalue weighted by molar-refractivity contribution is -0.129. The topological polar surface area (TPSA) is 23.6 Å². The first kappa shape index (κ1) is 12.9. The Bertz CT molecular complexity index is 279. The van der Waals surface area contributed by atoms with Crippen molar-refractivity contribution in [2.24, 2.45) is 0 Å².